The van der Waals surface area contributed by atoms with Gasteiger partial charge in [0, 0.05) is 18.5 Å². The van der Waals surface area contributed by atoms with Gasteiger partial charge in [0.15, 0.2) is 0 Å². The third-order valence-corrected chi connectivity index (χ3v) is 5.71. The molecular formula is C26H37N3O5+2. The molecule has 8 nitrogen and oxygen atoms in total. The van der Waals surface area contributed by atoms with Crippen molar-refractivity contribution < 1.29 is 33.1 Å². The van der Waals surface area contributed by atoms with Crippen LogP contribution in [-0.4, -0.2) is 94.2 Å². The standard InChI is InChI=1S/C26H35N3O5/c1-28(2,3)13-7-15-33-19-11-9-17(27)21-23(19)26(32)22-18(30)10-12-20(24(22)25(21)31)34-16-8-14-29(4,5)6/h9-12H,7-8,13-16H2,1-6H3,(H-2,27,30,31,32)/p+2. The lowest BCUT2D eigenvalue weighted by Crippen LogP contribution is -2.36. The van der Waals surface area contributed by atoms with Crippen molar-refractivity contribution in [3.63, 3.8) is 0 Å². The maximum Gasteiger partial charge on any atom is 0.202 e. The van der Waals surface area contributed by atoms with Gasteiger partial charge in [0.25, 0.3) is 0 Å². The van der Waals surface area contributed by atoms with Crippen molar-refractivity contribution in [2.24, 2.45) is 0 Å². The number of hydrogen-bond acceptors (Lipinski definition) is 6. The Morgan fingerprint density at radius 1 is 0.706 bits per heavy atom. The van der Waals surface area contributed by atoms with Gasteiger partial charge in [0.05, 0.1) is 90.8 Å². The lowest BCUT2D eigenvalue weighted by atomic mass is 9.81. The zero-order chi connectivity index (χ0) is 25.3. The summed E-state index contributed by atoms with van der Waals surface area (Å²) in [6.07, 6.45) is 1.54. The highest BCUT2D eigenvalue weighted by atomic mass is 16.5. The lowest BCUT2D eigenvalue weighted by Gasteiger charge is -2.26. The number of hydrogen-bond donors (Lipinski definition) is 2. The number of carbonyl (C=O) groups excluding carboxylic acids is 2. The average molecular weight is 472 g/mol. The third-order valence-electron chi connectivity index (χ3n) is 5.71. The summed E-state index contributed by atoms with van der Waals surface area (Å²) in [4.78, 5) is 27.1. The maximum absolute atomic E-state index is 13.6. The van der Waals surface area contributed by atoms with Gasteiger partial charge in [-0.3, -0.25) is 9.59 Å². The van der Waals surface area contributed by atoms with Crippen molar-refractivity contribution in [2.45, 2.75) is 12.8 Å². The normalized spacial score (nSPS) is 13.5. The van der Waals surface area contributed by atoms with Gasteiger partial charge >= 0.3 is 0 Å². The summed E-state index contributed by atoms with van der Waals surface area (Å²) in [5.74, 6) is -0.643. The molecule has 0 unspecified atom stereocenters. The van der Waals surface area contributed by atoms with Crippen molar-refractivity contribution in [1.82, 2.24) is 0 Å². The number of quaternary nitrogens is 2. The molecule has 0 aromatic heterocycles. The molecule has 2 aromatic rings. The van der Waals surface area contributed by atoms with E-state index < -0.39 is 11.6 Å². The highest BCUT2D eigenvalue weighted by Crippen LogP contribution is 2.42. The minimum absolute atomic E-state index is 0.0524. The van der Waals surface area contributed by atoms with E-state index in [0.29, 0.717) is 19.0 Å². The zero-order valence-electron chi connectivity index (χ0n) is 21.1. The van der Waals surface area contributed by atoms with E-state index in [1.165, 1.54) is 12.1 Å². The van der Waals surface area contributed by atoms with E-state index >= 15 is 0 Å². The summed E-state index contributed by atoms with van der Waals surface area (Å²) < 4.78 is 13.4. The molecule has 0 fully saturated rings. The zero-order valence-corrected chi connectivity index (χ0v) is 21.1. The summed E-state index contributed by atoms with van der Waals surface area (Å²) >= 11 is 0. The molecule has 0 aliphatic heterocycles. The van der Waals surface area contributed by atoms with Crippen LogP contribution in [0.15, 0.2) is 24.3 Å². The Morgan fingerprint density at radius 2 is 1.15 bits per heavy atom. The van der Waals surface area contributed by atoms with Gasteiger partial charge in [0.2, 0.25) is 11.6 Å². The van der Waals surface area contributed by atoms with Crippen LogP contribution in [-0.2, 0) is 0 Å². The number of nitrogen functional groups attached to an aromatic ring is 1. The predicted molar refractivity (Wildman–Crippen MR) is 132 cm³/mol. The van der Waals surface area contributed by atoms with E-state index in [4.69, 9.17) is 15.2 Å². The Bertz CT molecular complexity index is 1010. The van der Waals surface area contributed by atoms with E-state index in [0.717, 1.165) is 34.9 Å². The second-order valence-corrected chi connectivity index (χ2v) is 10.8. The number of carbonyl (C=O) groups is 2. The smallest absolute Gasteiger partial charge is 0.202 e. The lowest BCUT2D eigenvalue weighted by molar-refractivity contribution is -0.870. The van der Waals surface area contributed by atoms with E-state index in [1.807, 2.05) is 0 Å². The molecule has 0 radical (unpaired) electrons. The van der Waals surface area contributed by atoms with Gasteiger partial charge in [-0.1, -0.05) is 0 Å². The van der Waals surface area contributed by atoms with Gasteiger partial charge in [-0.25, -0.2) is 0 Å². The van der Waals surface area contributed by atoms with Crippen LogP contribution < -0.4 is 15.2 Å². The van der Waals surface area contributed by atoms with Gasteiger partial charge in [-0.2, -0.15) is 0 Å². The molecule has 0 heterocycles. The van der Waals surface area contributed by atoms with Gasteiger partial charge < -0.3 is 29.3 Å². The molecular weight excluding hydrogens is 434 g/mol. The van der Waals surface area contributed by atoms with Crippen LogP contribution in [0, 0.1) is 0 Å². The molecule has 3 N–H and O–H groups in total. The third kappa shape index (κ3) is 5.69. The Morgan fingerprint density at radius 3 is 1.65 bits per heavy atom. The SMILES string of the molecule is C[N+](C)(C)CCCOc1ccc(N)c2c1C(=O)c1c(O)ccc(OCCC[N+](C)(C)C)c1C2=O. The Kier molecular flexibility index (Phi) is 7.24. The van der Waals surface area contributed by atoms with Gasteiger partial charge in [-0.05, 0) is 24.3 Å². The molecule has 8 heteroatoms. The molecule has 1 aliphatic carbocycles. The highest BCUT2D eigenvalue weighted by Gasteiger charge is 2.38. The van der Waals surface area contributed by atoms with E-state index in [9.17, 15) is 14.7 Å². The van der Waals surface area contributed by atoms with Crippen LogP contribution in [0.2, 0.25) is 0 Å². The van der Waals surface area contributed by atoms with Crippen LogP contribution in [0.4, 0.5) is 5.69 Å². The van der Waals surface area contributed by atoms with Gasteiger partial charge in [-0.15, -0.1) is 0 Å². The summed E-state index contributed by atoms with van der Waals surface area (Å²) in [6.45, 7) is 2.55. The Balaban J connectivity index is 1.92. The summed E-state index contributed by atoms with van der Waals surface area (Å²) in [5, 5.41) is 10.5. The largest absolute Gasteiger partial charge is 0.507 e. The van der Waals surface area contributed by atoms with Crippen molar-refractivity contribution in [3.8, 4) is 17.2 Å². The van der Waals surface area contributed by atoms with Crippen molar-refractivity contribution in [3.05, 3.63) is 46.5 Å². The molecule has 3 rings (SSSR count). The first kappa shape index (κ1) is 25.5. The number of aromatic hydroxyl groups is 1. The molecule has 0 atom stereocenters. The monoisotopic (exact) mass is 471 g/mol. The molecule has 1 aliphatic rings. The summed E-state index contributed by atoms with van der Waals surface area (Å²) in [5.41, 5.74) is 6.53. The number of nitrogens with zero attached hydrogens (tertiary/aromatic N) is 2. The topological polar surface area (TPSA) is 98.8 Å². The van der Waals surface area contributed by atoms with Crippen molar-refractivity contribution in [2.75, 3.05) is 74.3 Å². The fraction of sp³-hybridized carbons (Fsp3) is 0.462. The second-order valence-electron chi connectivity index (χ2n) is 10.8. The first-order valence-electron chi connectivity index (χ1n) is 11.5. The molecule has 2 aromatic carbocycles. The highest BCUT2D eigenvalue weighted by molar-refractivity contribution is 6.32. The predicted octanol–water partition coefficient (Wildman–Crippen LogP) is 2.70. The van der Waals surface area contributed by atoms with Crippen molar-refractivity contribution in [1.29, 1.82) is 0 Å². The Labute approximate surface area is 201 Å². The number of phenols is 1. The number of rotatable bonds is 10. The maximum atomic E-state index is 13.6. The first-order valence-corrected chi connectivity index (χ1v) is 11.5. The molecule has 0 saturated carbocycles. The van der Waals surface area contributed by atoms with Crippen LogP contribution in [0.3, 0.4) is 0 Å². The fourth-order valence-corrected chi connectivity index (χ4v) is 4.03. The number of ether oxygens (including phenoxy) is 2. The number of fused-ring (bicyclic) bond motifs is 2. The summed E-state index contributed by atoms with van der Waals surface area (Å²) in [6, 6.07) is 6.10. The second kappa shape index (κ2) is 9.64. The Hall–Kier alpha value is -3.10. The van der Waals surface area contributed by atoms with Crippen LogP contribution in [0.1, 0.15) is 44.7 Å². The first-order chi connectivity index (χ1) is 15.8. The van der Waals surface area contributed by atoms with Crippen molar-refractivity contribution >= 4 is 17.3 Å². The van der Waals surface area contributed by atoms with E-state index in [2.05, 4.69) is 42.3 Å². The molecule has 0 bridgehead atoms. The fourth-order valence-electron chi connectivity index (χ4n) is 4.03. The number of ketones is 2. The van der Waals surface area contributed by atoms with E-state index in [-0.39, 0.29) is 39.4 Å². The minimum Gasteiger partial charge on any atom is -0.507 e. The number of nitrogens with two attached hydrogens (primary N) is 1. The molecule has 184 valence electrons. The van der Waals surface area contributed by atoms with E-state index in [1.54, 1.807) is 12.1 Å². The number of anilines is 1. The average Bonchev–Trinajstić information content (AvgIpc) is 2.72. The number of phenolic OH excluding ortho intramolecular Hbond substituents is 1. The minimum atomic E-state index is -0.493. The van der Waals surface area contributed by atoms with Crippen LogP contribution in [0.25, 0.3) is 0 Å². The number of benzene rings is 2. The molecule has 0 spiro atoms. The van der Waals surface area contributed by atoms with Gasteiger partial charge in [0.1, 0.15) is 17.2 Å². The summed E-state index contributed by atoms with van der Waals surface area (Å²) in [7, 11) is 12.5. The molecule has 0 saturated heterocycles. The molecule has 34 heavy (non-hydrogen) atoms. The van der Waals surface area contributed by atoms with Crippen LogP contribution >= 0.6 is 0 Å². The van der Waals surface area contributed by atoms with Crippen LogP contribution in [0.5, 0.6) is 17.2 Å². The quantitative estimate of drug-likeness (QED) is 0.268. The molecule has 0 amide bonds.